The van der Waals surface area contributed by atoms with Crippen LogP contribution >= 0.6 is 0 Å². The van der Waals surface area contributed by atoms with Gasteiger partial charge < -0.3 is 19.7 Å². The quantitative estimate of drug-likeness (QED) is 0.929. The van der Waals surface area contributed by atoms with Gasteiger partial charge in [0.2, 0.25) is 11.8 Å². The minimum atomic E-state index is -0.546. The number of hydrogen-bond acceptors (Lipinski definition) is 4. The van der Waals surface area contributed by atoms with Gasteiger partial charge in [0.15, 0.2) is 0 Å². The predicted molar refractivity (Wildman–Crippen MR) is 95.4 cm³/mol. The fourth-order valence-electron chi connectivity index (χ4n) is 3.01. The van der Waals surface area contributed by atoms with Crippen molar-refractivity contribution in [1.82, 2.24) is 0 Å². The van der Waals surface area contributed by atoms with Crippen LogP contribution < -0.4 is 19.7 Å². The average Bonchev–Trinajstić information content (AvgIpc) is 2.64. The van der Waals surface area contributed by atoms with E-state index in [1.165, 1.54) is 7.11 Å². The smallest absolute Gasteiger partial charge is 0.232 e. The Balaban J connectivity index is 1.92. The number of nitrogens with zero attached hydrogens (tertiary/aromatic N) is 1. The van der Waals surface area contributed by atoms with Crippen molar-refractivity contribution in [3.63, 3.8) is 0 Å². The van der Waals surface area contributed by atoms with Crippen LogP contribution in [0.15, 0.2) is 42.5 Å². The van der Waals surface area contributed by atoms with Crippen molar-refractivity contribution in [1.29, 1.82) is 0 Å². The third-order valence-electron chi connectivity index (χ3n) is 4.41. The highest BCUT2D eigenvalue weighted by Crippen LogP contribution is 2.37. The number of benzene rings is 2. The zero-order chi connectivity index (χ0) is 18.0. The van der Waals surface area contributed by atoms with E-state index >= 15 is 0 Å². The Morgan fingerprint density at radius 2 is 1.92 bits per heavy atom. The molecule has 0 saturated heterocycles. The first-order valence-corrected chi connectivity index (χ1v) is 7.93. The van der Waals surface area contributed by atoms with Crippen LogP contribution in [0.3, 0.4) is 0 Å². The Labute approximate surface area is 146 Å². The lowest BCUT2D eigenvalue weighted by Gasteiger charge is -2.31. The van der Waals surface area contributed by atoms with Gasteiger partial charge in [-0.05, 0) is 23.8 Å². The molecular formula is C19H20N2O4. The molecule has 1 aliphatic rings. The maximum absolute atomic E-state index is 12.9. The molecule has 2 amide bonds. The highest BCUT2D eigenvalue weighted by atomic mass is 16.5. The van der Waals surface area contributed by atoms with Crippen molar-refractivity contribution in [3.8, 4) is 11.5 Å². The van der Waals surface area contributed by atoms with Crippen LogP contribution in [-0.2, 0) is 9.59 Å². The van der Waals surface area contributed by atoms with E-state index in [2.05, 4.69) is 5.32 Å². The summed E-state index contributed by atoms with van der Waals surface area (Å²) < 4.78 is 10.5. The normalized spacial score (nSPS) is 16.2. The van der Waals surface area contributed by atoms with Gasteiger partial charge in [-0.15, -0.1) is 0 Å². The third-order valence-corrected chi connectivity index (χ3v) is 4.41. The molecule has 6 heteroatoms. The first-order valence-electron chi connectivity index (χ1n) is 7.93. The van der Waals surface area contributed by atoms with Crippen molar-refractivity contribution in [2.45, 2.75) is 12.3 Å². The van der Waals surface area contributed by atoms with Gasteiger partial charge in [-0.1, -0.05) is 18.2 Å². The zero-order valence-electron chi connectivity index (χ0n) is 14.4. The first-order chi connectivity index (χ1) is 12.0. The van der Waals surface area contributed by atoms with E-state index in [9.17, 15) is 9.59 Å². The number of nitrogens with one attached hydrogen (secondary N) is 1. The number of amides is 2. The molecular weight excluding hydrogens is 320 g/mol. The van der Waals surface area contributed by atoms with E-state index in [0.717, 1.165) is 11.3 Å². The summed E-state index contributed by atoms with van der Waals surface area (Å²) in [6.07, 6.45) is 0.131. The number of rotatable bonds is 4. The summed E-state index contributed by atoms with van der Waals surface area (Å²) in [6, 6.07) is 12.6. The van der Waals surface area contributed by atoms with E-state index < -0.39 is 5.92 Å². The molecule has 3 rings (SSSR count). The molecule has 0 radical (unpaired) electrons. The largest absolute Gasteiger partial charge is 0.497 e. The van der Waals surface area contributed by atoms with Crippen LogP contribution in [-0.4, -0.2) is 33.1 Å². The fraction of sp³-hybridized carbons (Fsp3) is 0.263. The average molecular weight is 340 g/mol. The number of para-hydroxylation sites is 1. The molecule has 0 spiro atoms. The molecule has 1 atom stereocenters. The molecule has 2 aromatic carbocycles. The summed E-state index contributed by atoms with van der Waals surface area (Å²) >= 11 is 0. The SMILES string of the molecule is COc1ccc(OC)c(NC(=O)C2CC(=O)N(C)c3ccccc32)c1. The molecule has 1 heterocycles. The molecule has 1 N–H and O–H groups in total. The van der Waals surface area contributed by atoms with Crippen molar-refractivity contribution in [2.75, 3.05) is 31.5 Å². The van der Waals surface area contributed by atoms with E-state index in [0.29, 0.717) is 17.2 Å². The maximum atomic E-state index is 12.9. The first kappa shape index (κ1) is 16.8. The molecule has 0 bridgehead atoms. The molecule has 0 fully saturated rings. The Hall–Kier alpha value is -3.02. The molecule has 0 saturated carbocycles. The molecule has 0 aromatic heterocycles. The Bertz CT molecular complexity index is 819. The van der Waals surface area contributed by atoms with Crippen LogP contribution in [0.2, 0.25) is 0 Å². The van der Waals surface area contributed by atoms with Gasteiger partial charge in [0, 0.05) is 25.2 Å². The molecule has 6 nitrogen and oxygen atoms in total. The monoisotopic (exact) mass is 340 g/mol. The van der Waals surface area contributed by atoms with Crippen LogP contribution in [0.1, 0.15) is 17.9 Å². The summed E-state index contributed by atoms with van der Waals surface area (Å²) in [5, 5.41) is 2.87. The second kappa shape index (κ2) is 6.84. The van der Waals surface area contributed by atoms with Gasteiger partial charge in [0.05, 0.1) is 25.8 Å². The number of carbonyl (C=O) groups excluding carboxylic acids is 2. The lowest BCUT2D eigenvalue weighted by Crippen LogP contribution is -2.37. The van der Waals surface area contributed by atoms with Gasteiger partial charge in [-0.25, -0.2) is 0 Å². The minimum Gasteiger partial charge on any atom is -0.497 e. The second-order valence-corrected chi connectivity index (χ2v) is 5.82. The van der Waals surface area contributed by atoms with Gasteiger partial charge in [-0.2, -0.15) is 0 Å². The number of methoxy groups -OCH3 is 2. The van der Waals surface area contributed by atoms with Crippen LogP contribution in [0.25, 0.3) is 0 Å². The van der Waals surface area contributed by atoms with Gasteiger partial charge in [0.25, 0.3) is 0 Å². The number of carbonyl (C=O) groups is 2. The standard InChI is InChI=1S/C19H20N2O4/c1-21-16-7-5-4-6-13(16)14(11-18(21)22)19(23)20-15-10-12(24-2)8-9-17(15)25-3/h4-10,14H,11H2,1-3H3,(H,20,23). The van der Waals surface area contributed by atoms with Gasteiger partial charge in [-0.3, -0.25) is 9.59 Å². The number of anilines is 2. The Morgan fingerprint density at radius 3 is 2.64 bits per heavy atom. The molecule has 2 aromatic rings. The fourth-order valence-corrected chi connectivity index (χ4v) is 3.01. The summed E-state index contributed by atoms with van der Waals surface area (Å²) in [7, 11) is 4.81. The zero-order valence-corrected chi connectivity index (χ0v) is 14.4. The van der Waals surface area contributed by atoms with E-state index in [1.807, 2.05) is 24.3 Å². The lowest BCUT2D eigenvalue weighted by atomic mass is 9.89. The summed E-state index contributed by atoms with van der Waals surface area (Å²) in [6.45, 7) is 0. The van der Waals surface area contributed by atoms with Crippen LogP contribution in [0.5, 0.6) is 11.5 Å². The summed E-state index contributed by atoms with van der Waals surface area (Å²) in [4.78, 5) is 26.7. The molecule has 130 valence electrons. The molecule has 0 aliphatic carbocycles. The second-order valence-electron chi connectivity index (χ2n) is 5.82. The summed E-state index contributed by atoms with van der Waals surface area (Å²) in [5.74, 6) is 0.255. The minimum absolute atomic E-state index is 0.0866. The highest BCUT2D eigenvalue weighted by molar-refractivity contribution is 6.06. The molecule has 1 aliphatic heterocycles. The van der Waals surface area contributed by atoms with Crippen molar-refractivity contribution in [3.05, 3.63) is 48.0 Å². The van der Waals surface area contributed by atoms with Gasteiger partial charge in [0.1, 0.15) is 11.5 Å². The van der Waals surface area contributed by atoms with Gasteiger partial charge >= 0.3 is 0 Å². The van der Waals surface area contributed by atoms with Crippen LogP contribution in [0, 0.1) is 0 Å². The topological polar surface area (TPSA) is 67.9 Å². The highest BCUT2D eigenvalue weighted by Gasteiger charge is 2.33. The predicted octanol–water partition coefficient (Wildman–Crippen LogP) is 2.79. The molecule has 25 heavy (non-hydrogen) atoms. The van der Waals surface area contributed by atoms with E-state index in [-0.39, 0.29) is 18.2 Å². The number of fused-ring (bicyclic) bond motifs is 1. The van der Waals surface area contributed by atoms with Crippen molar-refractivity contribution >= 4 is 23.2 Å². The Morgan fingerprint density at radius 1 is 1.16 bits per heavy atom. The Kier molecular flexibility index (Phi) is 4.61. The van der Waals surface area contributed by atoms with Crippen molar-refractivity contribution < 1.29 is 19.1 Å². The van der Waals surface area contributed by atoms with E-state index in [1.54, 1.807) is 37.3 Å². The lowest BCUT2D eigenvalue weighted by molar-refractivity contribution is -0.124. The summed E-state index contributed by atoms with van der Waals surface area (Å²) in [5.41, 5.74) is 2.11. The van der Waals surface area contributed by atoms with Crippen LogP contribution in [0.4, 0.5) is 11.4 Å². The van der Waals surface area contributed by atoms with Crippen molar-refractivity contribution in [2.24, 2.45) is 0 Å². The van der Waals surface area contributed by atoms with E-state index in [4.69, 9.17) is 9.47 Å². The molecule has 1 unspecified atom stereocenters. The third kappa shape index (κ3) is 3.15. The number of ether oxygens (including phenoxy) is 2. The number of hydrogen-bond donors (Lipinski definition) is 1. The maximum Gasteiger partial charge on any atom is 0.232 e.